The molecule has 0 N–H and O–H groups in total. The Hall–Kier alpha value is -1.57. The molecule has 14 heavy (non-hydrogen) atoms. The van der Waals surface area contributed by atoms with Crippen LogP contribution in [0, 0.1) is 11.5 Å². The molecule has 0 radical (unpaired) electrons. The molecule has 0 aromatic carbocycles. The van der Waals surface area contributed by atoms with Crippen molar-refractivity contribution in [2.75, 3.05) is 0 Å². The van der Waals surface area contributed by atoms with Gasteiger partial charge >= 0.3 is 12.4 Å². The number of nitrogens with zero attached hydrogens (tertiary/aromatic N) is 2. The molecule has 0 aliphatic rings. The Morgan fingerprint density at radius 3 is 2.64 bits per heavy atom. The summed E-state index contributed by atoms with van der Waals surface area (Å²) in [6.07, 6.45) is -2.03. The molecule has 5 heteroatoms. The molecule has 0 unspecified atom stereocenters. The third kappa shape index (κ3) is 3.05. The summed E-state index contributed by atoms with van der Waals surface area (Å²) in [6.45, 7) is 0. The van der Waals surface area contributed by atoms with Crippen LogP contribution in [0.15, 0.2) is 24.4 Å². The zero-order chi connectivity index (χ0) is 10.6. The molecule has 1 heterocycles. The van der Waals surface area contributed by atoms with Crippen molar-refractivity contribution in [2.24, 2.45) is 0 Å². The molecular formula is C9H8F3N2+. The van der Waals surface area contributed by atoms with Gasteiger partial charge in [0, 0.05) is 6.42 Å². The first kappa shape index (κ1) is 10.5. The normalized spacial score (nSPS) is 11.0. The van der Waals surface area contributed by atoms with Gasteiger partial charge in [-0.15, -0.1) is 4.57 Å². The third-order valence-electron chi connectivity index (χ3n) is 1.72. The van der Waals surface area contributed by atoms with E-state index in [9.17, 15) is 13.2 Å². The van der Waals surface area contributed by atoms with Crippen LogP contribution in [0.4, 0.5) is 13.2 Å². The molecule has 0 aliphatic heterocycles. The van der Waals surface area contributed by atoms with E-state index in [-0.39, 0.29) is 6.42 Å². The Labute approximate surface area is 79.2 Å². The molecule has 0 aliphatic carbocycles. The maximum atomic E-state index is 11.9. The molecule has 0 bridgehead atoms. The minimum absolute atomic E-state index is 0.169. The van der Waals surface area contributed by atoms with E-state index in [1.54, 1.807) is 18.3 Å². The number of aryl methyl sites for hydroxylation is 1. The molecule has 0 amide bonds. The summed E-state index contributed by atoms with van der Waals surface area (Å²) in [5, 5.41) is 8.58. The number of nitriles is 1. The lowest BCUT2D eigenvalue weighted by Crippen LogP contribution is -2.33. The van der Waals surface area contributed by atoms with Crippen molar-refractivity contribution < 1.29 is 17.7 Å². The van der Waals surface area contributed by atoms with Crippen molar-refractivity contribution in [3.63, 3.8) is 0 Å². The van der Waals surface area contributed by atoms with Gasteiger partial charge in [0.15, 0.2) is 5.26 Å². The van der Waals surface area contributed by atoms with Crippen LogP contribution in [0.5, 0.6) is 0 Å². The highest BCUT2D eigenvalue weighted by Crippen LogP contribution is 2.20. The van der Waals surface area contributed by atoms with Crippen LogP contribution in [0.3, 0.4) is 0 Å². The van der Waals surface area contributed by atoms with Gasteiger partial charge in [-0.05, 0) is 12.1 Å². The minimum atomic E-state index is -4.18. The lowest BCUT2D eigenvalue weighted by Gasteiger charge is -2.04. The van der Waals surface area contributed by atoms with Crippen LogP contribution in [-0.4, -0.2) is 6.18 Å². The van der Waals surface area contributed by atoms with Crippen molar-refractivity contribution in [3.8, 4) is 6.19 Å². The lowest BCUT2D eigenvalue weighted by molar-refractivity contribution is -0.595. The van der Waals surface area contributed by atoms with Crippen LogP contribution in [0.2, 0.25) is 0 Å². The summed E-state index contributed by atoms with van der Waals surface area (Å²) in [5.41, 5.74) is 0.368. The highest BCUT2D eigenvalue weighted by Gasteiger charge is 2.27. The van der Waals surface area contributed by atoms with Crippen LogP contribution in [0.1, 0.15) is 12.1 Å². The van der Waals surface area contributed by atoms with Gasteiger partial charge in [0.1, 0.15) is 11.9 Å². The fourth-order valence-electron chi connectivity index (χ4n) is 1.05. The summed E-state index contributed by atoms with van der Waals surface area (Å²) < 4.78 is 36.8. The zero-order valence-corrected chi connectivity index (χ0v) is 7.25. The highest BCUT2D eigenvalue weighted by atomic mass is 19.4. The smallest absolute Gasteiger partial charge is 0.171 e. The van der Waals surface area contributed by atoms with E-state index in [1.807, 2.05) is 0 Å². The van der Waals surface area contributed by atoms with E-state index in [2.05, 4.69) is 0 Å². The van der Waals surface area contributed by atoms with Crippen LogP contribution in [-0.2, 0) is 6.42 Å². The molecule has 0 spiro atoms. The maximum absolute atomic E-state index is 11.9. The van der Waals surface area contributed by atoms with Gasteiger partial charge in [-0.25, -0.2) is 0 Å². The number of hydrogen-bond donors (Lipinski definition) is 0. The molecule has 74 valence electrons. The third-order valence-corrected chi connectivity index (χ3v) is 1.72. The second-order valence-corrected chi connectivity index (χ2v) is 2.78. The van der Waals surface area contributed by atoms with Crippen molar-refractivity contribution >= 4 is 0 Å². The zero-order valence-electron chi connectivity index (χ0n) is 7.25. The molecule has 1 rings (SSSR count). The fourth-order valence-corrected chi connectivity index (χ4v) is 1.05. The Bertz CT molecular complexity index is 352. The van der Waals surface area contributed by atoms with Gasteiger partial charge in [-0.2, -0.15) is 13.2 Å². The van der Waals surface area contributed by atoms with Gasteiger partial charge in [0.25, 0.3) is 0 Å². The van der Waals surface area contributed by atoms with E-state index >= 15 is 0 Å². The van der Waals surface area contributed by atoms with Gasteiger partial charge < -0.3 is 0 Å². The maximum Gasteiger partial charge on any atom is 0.464 e. The quantitative estimate of drug-likeness (QED) is 0.670. The van der Waals surface area contributed by atoms with E-state index in [0.717, 1.165) is 4.57 Å². The predicted molar refractivity (Wildman–Crippen MR) is 42.0 cm³/mol. The van der Waals surface area contributed by atoms with E-state index in [1.165, 1.54) is 12.3 Å². The van der Waals surface area contributed by atoms with Crippen LogP contribution >= 0.6 is 0 Å². The van der Waals surface area contributed by atoms with E-state index in [4.69, 9.17) is 5.26 Å². The van der Waals surface area contributed by atoms with Gasteiger partial charge in [0.2, 0.25) is 0 Å². The highest BCUT2D eigenvalue weighted by molar-refractivity contribution is 4.98. The topological polar surface area (TPSA) is 27.7 Å². The lowest BCUT2D eigenvalue weighted by atomic mass is 10.2. The van der Waals surface area contributed by atoms with Gasteiger partial charge in [-0.3, -0.25) is 0 Å². The van der Waals surface area contributed by atoms with Crippen molar-refractivity contribution in [1.82, 2.24) is 0 Å². The summed E-state index contributed by atoms with van der Waals surface area (Å²) in [5.74, 6) is 0. The molecular weight excluding hydrogens is 193 g/mol. The number of pyridine rings is 1. The summed E-state index contributed by atoms with van der Waals surface area (Å²) in [6, 6.07) is 4.72. The molecule has 0 atom stereocenters. The second-order valence-electron chi connectivity index (χ2n) is 2.78. The standard InChI is InChI=1S/C9H8F3N2/c10-9(11,12)5-4-8-3-1-2-6-14(8)7-13/h1-3,6H,4-5H2/q+1. The first-order chi connectivity index (χ1) is 6.53. The SMILES string of the molecule is N#C[n+]1ccccc1CCC(F)(F)F. The average molecular weight is 201 g/mol. The average Bonchev–Trinajstić information content (AvgIpc) is 2.14. The number of rotatable bonds is 2. The molecule has 0 saturated carbocycles. The Morgan fingerprint density at radius 1 is 1.36 bits per heavy atom. The summed E-state index contributed by atoms with van der Waals surface area (Å²) >= 11 is 0. The number of halogens is 3. The summed E-state index contributed by atoms with van der Waals surface area (Å²) in [7, 11) is 0. The Balaban J connectivity index is 2.73. The van der Waals surface area contributed by atoms with E-state index in [0.29, 0.717) is 5.69 Å². The summed E-state index contributed by atoms with van der Waals surface area (Å²) in [4.78, 5) is 0. The molecule has 1 aromatic rings. The number of alkyl halides is 3. The molecule has 1 aromatic heterocycles. The Morgan fingerprint density at radius 2 is 2.07 bits per heavy atom. The molecule has 0 fully saturated rings. The second kappa shape index (κ2) is 4.09. The predicted octanol–water partition coefficient (Wildman–Crippen LogP) is 1.80. The number of aromatic nitrogens is 1. The van der Waals surface area contributed by atoms with Crippen LogP contribution in [0.25, 0.3) is 0 Å². The van der Waals surface area contributed by atoms with Crippen molar-refractivity contribution in [2.45, 2.75) is 19.0 Å². The Kier molecular flexibility index (Phi) is 3.07. The monoisotopic (exact) mass is 201 g/mol. The molecule has 2 nitrogen and oxygen atoms in total. The van der Waals surface area contributed by atoms with Gasteiger partial charge in [0.05, 0.1) is 6.42 Å². The number of hydrogen-bond acceptors (Lipinski definition) is 1. The fraction of sp³-hybridized carbons (Fsp3) is 0.333. The first-order valence-corrected chi connectivity index (χ1v) is 3.99. The van der Waals surface area contributed by atoms with Crippen LogP contribution < -0.4 is 4.57 Å². The molecule has 0 saturated heterocycles. The van der Waals surface area contributed by atoms with Gasteiger partial charge in [-0.1, -0.05) is 6.07 Å². The van der Waals surface area contributed by atoms with Crippen molar-refractivity contribution in [3.05, 3.63) is 30.1 Å². The van der Waals surface area contributed by atoms with E-state index < -0.39 is 12.6 Å². The van der Waals surface area contributed by atoms with Crippen molar-refractivity contribution in [1.29, 1.82) is 5.26 Å². The minimum Gasteiger partial charge on any atom is -0.171 e. The first-order valence-electron chi connectivity index (χ1n) is 3.99. The largest absolute Gasteiger partial charge is 0.464 e.